The molecule has 24 heavy (non-hydrogen) atoms. The number of hydrogen-bond donors (Lipinski definition) is 2. The van der Waals surface area contributed by atoms with Gasteiger partial charge in [0.1, 0.15) is 0 Å². The van der Waals surface area contributed by atoms with Crippen LogP contribution in [0.4, 0.5) is 0 Å². The highest BCUT2D eigenvalue weighted by Crippen LogP contribution is 2.21. The molecule has 0 saturated heterocycles. The summed E-state index contributed by atoms with van der Waals surface area (Å²) < 4.78 is 28.9. The molecule has 0 bridgehead atoms. The van der Waals surface area contributed by atoms with Gasteiger partial charge in [-0.15, -0.1) is 0 Å². The molecule has 0 fully saturated rings. The van der Waals surface area contributed by atoms with Gasteiger partial charge in [-0.2, -0.15) is 0 Å². The van der Waals surface area contributed by atoms with Gasteiger partial charge in [0.05, 0.1) is 11.0 Å². The number of aliphatic hydroxyl groups is 1. The van der Waals surface area contributed by atoms with Crippen molar-refractivity contribution in [1.82, 2.24) is 9.29 Å². The van der Waals surface area contributed by atoms with Crippen molar-refractivity contribution in [2.75, 3.05) is 6.54 Å². The van der Waals surface area contributed by atoms with E-state index in [1.54, 1.807) is 18.2 Å². The van der Waals surface area contributed by atoms with Crippen molar-refractivity contribution < 1.29 is 13.5 Å². The van der Waals surface area contributed by atoms with Gasteiger partial charge in [-0.25, -0.2) is 13.1 Å². The van der Waals surface area contributed by atoms with E-state index in [0.717, 1.165) is 10.9 Å². The van der Waals surface area contributed by atoms with Crippen LogP contribution in [0, 0.1) is 0 Å². The zero-order chi connectivity index (χ0) is 17.3. The third-order valence-electron chi connectivity index (χ3n) is 3.87. The Bertz CT molecular complexity index is 982. The molecule has 2 aromatic carbocycles. The van der Waals surface area contributed by atoms with Crippen molar-refractivity contribution in [2.24, 2.45) is 7.05 Å². The van der Waals surface area contributed by atoms with E-state index in [4.69, 9.17) is 11.6 Å². The average Bonchev–Trinajstić information content (AvgIpc) is 2.93. The highest BCUT2D eigenvalue weighted by molar-refractivity contribution is 7.89. The van der Waals surface area contributed by atoms with Crippen LogP contribution in [0.15, 0.2) is 59.6 Å². The lowest BCUT2D eigenvalue weighted by atomic mass is 10.1. The van der Waals surface area contributed by atoms with Gasteiger partial charge in [0.2, 0.25) is 10.0 Å². The zero-order valence-corrected chi connectivity index (χ0v) is 14.6. The van der Waals surface area contributed by atoms with E-state index in [2.05, 4.69) is 4.72 Å². The van der Waals surface area contributed by atoms with E-state index in [9.17, 15) is 13.5 Å². The molecule has 7 heteroatoms. The Kier molecular flexibility index (Phi) is 4.64. The molecular weight excluding hydrogens is 348 g/mol. The van der Waals surface area contributed by atoms with Gasteiger partial charge in [0, 0.05) is 30.3 Å². The number of aryl methyl sites for hydroxylation is 1. The van der Waals surface area contributed by atoms with Gasteiger partial charge in [-0.3, -0.25) is 0 Å². The maximum Gasteiger partial charge on any atom is 0.240 e. The summed E-state index contributed by atoms with van der Waals surface area (Å²) in [6, 6.07) is 13.5. The number of nitrogens with one attached hydrogen (secondary N) is 1. The lowest BCUT2D eigenvalue weighted by molar-refractivity contribution is 0.182. The molecule has 2 N–H and O–H groups in total. The average molecular weight is 365 g/mol. The predicted octanol–water partition coefficient (Wildman–Crippen LogP) is 2.84. The number of aromatic nitrogens is 1. The predicted molar refractivity (Wildman–Crippen MR) is 94.5 cm³/mol. The van der Waals surface area contributed by atoms with E-state index in [-0.39, 0.29) is 11.4 Å². The first-order chi connectivity index (χ1) is 11.4. The molecule has 126 valence electrons. The van der Waals surface area contributed by atoms with Crippen LogP contribution in [0.3, 0.4) is 0 Å². The molecule has 0 radical (unpaired) electrons. The van der Waals surface area contributed by atoms with Crippen LogP contribution < -0.4 is 4.72 Å². The summed E-state index contributed by atoms with van der Waals surface area (Å²) in [5.74, 6) is 0. The minimum atomic E-state index is -3.72. The summed E-state index contributed by atoms with van der Waals surface area (Å²) in [6.45, 7) is -0.118. The molecule has 1 atom stereocenters. The second-order valence-corrected chi connectivity index (χ2v) is 7.77. The summed E-state index contributed by atoms with van der Waals surface area (Å²) in [4.78, 5) is 0.0701. The molecule has 1 aromatic heterocycles. The van der Waals surface area contributed by atoms with E-state index in [1.165, 1.54) is 12.1 Å². The lowest BCUT2D eigenvalue weighted by Crippen LogP contribution is -2.28. The lowest BCUT2D eigenvalue weighted by Gasteiger charge is -2.13. The maximum atomic E-state index is 12.3. The molecule has 5 nitrogen and oxygen atoms in total. The first-order valence-corrected chi connectivity index (χ1v) is 9.21. The Labute approximate surface area is 145 Å². The van der Waals surface area contributed by atoms with Crippen LogP contribution in [0.1, 0.15) is 11.7 Å². The quantitative estimate of drug-likeness (QED) is 0.731. The molecule has 1 unspecified atom stereocenters. The summed E-state index contributed by atoms with van der Waals surface area (Å²) >= 11 is 5.82. The fourth-order valence-electron chi connectivity index (χ4n) is 2.53. The Morgan fingerprint density at radius 3 is 2.75 bits per heavy atom. The number of rotatable bonds is 5. The van der Waals surface area contributed by atoms with Gasteiger partial charge in [-0.1, -0.05) is 23.7 Å². The topological polar surface area (TPSA) is 71.3 Å². The highest BCUT2D eigenvalue weighted by atomic mass is 35.5. The van der Waals surface area contributed by atoms with Gasteiger partial charge in [0.25, 0.3) is 0 Å². The largest absolute Gasteiger partial charge is 0.387 e. The number of benzene rings is 2. The molecule has 1 heterocycles. The second-order valence-electron chi connectivity index (χ2n) is 5.57. The van der Waals surface area contributed by atoms with Crippen LogP contribution in [-0.2, 0) is 17.1 Å². The normalized spacial score (nSPS) is 13.3. The third kappa shape index (κ3) is 3.47. The zero-order valence-electron chi connectivity index (χ0n) is 13.0. The first-order valence-electron chi connectivity index (χ1n) is 7.35. The fourth-order valence-corrected chi connectivity index (χ4v) is 3.87. The highest BCUT2D eigenvalue weighted by Gasteiger charge is 2.17. The molecule has 0 amide bonds. The van der Waals surface area contributed by atoms with Crippen LogP contribution >= 0.6 is 11.6 Å². The number of hydrogen-bond acceptors (Lipinski definition) is 3. The van der Waals surface area contributed by atoms with Crippen molar-refractivity contribution in [3.63, 3.8) is 0 Å². The van der Waals surface area contributed by atoms with Crippen molar-refractivity contribution in [3.05, 3.63) is 65.3 Å². The van der Waals surface area contributed by atoms with Gasteiger partial charge in [0.15, 0.2) is 0 Å². The minimum Gasteiger partial charge on any atom is -0.387 e. The first kappa shape index (κ1) is 17.0. The Hall–Kier alpha value is -1.86. The number of sulfonamides is 1. The number of aliphatic hydroxyl groups excluding tert-OH is 1. The summed E-state index contributed by atoms with van der Waals surface area (Å²) in [5, 5.41) is 11.6. The molecule has 0 aliphatic carbocycles. The molecular formula is C17H17ClN2O3S. The van der Waals surface area contributed by atoms with Gasteiger partial charge < -0.3 is 9.67 Å². The molecule has 3 rings (SSSR count). The van der Waals surface area contributed by atoms with Crippen molar-refractivity contribution in [1.29, 1.82) is 0 Å². The number of fused-ring (bicyclic) bond motifs is 1. The Morgan fingerprint density at radius 2 is 2.00 bits per heavy atom. The van der Waals surface area contributed by atoms with Gasteiger partial charge >= 0.3 is 0 Å². The minimum absolute atomic E-state index is 0.0701. The van der Waals surface area contributed by atoms with Crippen molar-refractivity contribution in [2.45, 2.75) is 11.0 Å². The van der Waals surface area contributed by atoms with E-state index < -0.39 is 16.1 Å². The molecule has 0 saturated carbocycles. The standard InChI is InChI=1S/C17H17ClN2O3S/c1-20-8-7-12-9-13(5-6-16(12)20)17(21)11-19-24(22,23)15-4-2-3-14(18)10-15/h2-10,17,19,21H,11H2,1H3. The number of halogens is 1. The van der Waals surface area contributed by atoms with Crippen molar-refractivity contribution in [3.8, 4) is 0 Å². The fraction of sp³-hybridized carbons (Fsp3) is 0.176. The second kappa shape index (κ2) is 6.57. The summed E-state index contributed by atoms with van der Waals surface area (Å²) in [7, 11) is -1.78. The van der Waals surface area contributed by atoms with Gasteiger partial charge in [-0.05, 0) is 47.3 Å². The van der Waals surface area contributed by atoms with E-state index in [1.807, 2.05) is 36.0 Å². The monoisotopic (exact) mass is 364 g/mol. The van der Waals surface area contributed by atoms with Crippen LogP contribution in [-0.4, -0.2) is 24.6 Å². The maximum absolute atomic E-state index is 12.3. The molecule has 0 aliphatic heterocycles. The Morgan fingerprint density at radius 1 is 1.21 bits per heavy atom. The number of nitrogens with zero attached hydrogens (tertiary/aromatic N) is 1. The molecule has 3 aromatic rings. The summed E-state index contributed by atoms with van der Waals surface area (Å²) in [5.41, 5.74) is 1.70. The third-order valence-corrected chi connectivity index (χ3v) is 5.52. The van der Waals surface area contributed by atoms with Crippen LogP contribution in [0.2, 0.25) is 5.02 Å². The smallest absolute Gasteiger partial charge is 0.240 e. The van der Waals surface area contributed by atoms with E-state index in [0.29, 0.717) is 10.6 Å². The summed E-state index contributed by atoms with van der Waals surface area (Å²) in [6.07, 6.45) is 0.992. The Balaban J connectivity index is 1.75. The van der Waals surface area contributed by atoms with Crippen LogP contribution in [0.5, 0.6) is 0 Å². The van der Waals surface area contributed by atoms with Crippen LogP contribution in [0.25, 0.3) is 10.9 Å². The molecule has 0 spiro atoms. The SMILES string of the molecule is Cn1ccc2cc(C(O)CNS(=O)(=O)c3cccc(Cl)c3)ccc21. The molecule has 0 aliphatic rings. The van der Waals surface area contributed by atoms with E-state index >= 15 is 0 Å². The van der Waals surface area contributed by atoms with Crippen molar-refractivity contribution >= 4 is 32.5 Å².